The van der Waals surface area contributed by atoms with Crippen molar-refractivity contribution in [3.63, 3.8) is 0 Å². The highest BCUT2D eigenvalue weighted by Crippen LogP contribution is 2.39. The van der Waals surface area contributed by atoms with Crippen LogP contribution in [0, 0.1) is 0 Å². The molecule has 0 saturated carbocycles. The van der Waals surface area contributed by atoms with Crippen molar-refractivity contribution in [3.05, 3.63) is 83.3 Å². The van der Waals surface area contributed by atoms with E-state index in [1.54, 1.807) is 6.26 Å². The lowest BCUT2D eigenvalue weighted by molar-refractivity contribution is 0.485. The highest BCUT2D eigenvalue weighted by molar-refractivity contribution is 7.80. The molecule has 0 saturated heterocycles. The molecule has 1 heterocycles. The van der Waals surface area contributed by atoms with E-state index >= 15 is 0 Å². The van der Waals surface area contributed by atoms with E-state index in [9.17, 15) is 0 Å². The Morgan fingerprint density at radius 2 is 1.89 bits per heavy atom. The first-order valence-corrected chi connectivity index (χ1v) is 10.1. The second-order valence-electron chi connectivity index (χ2n) is 7.54. The van der Waals surface area contributed by atoms with Gasteiger partial charge in [-0.15, -0.1) is 0 Å². The Labute approximate surface area is 169 Å². The van der Waals surface area contributed by atoms with Crippen LogP contribution in [0.15, 0.2) is 65.3 Å². The number of furan rings is 1. The van der Waals surface area contributed by atoms with E-state index in [2.05, 4.69) is 59.9 Å². The molecule has 4 aromatic rings. The number of nitrogens with two attached hydrogens (primary N) is 1. The minimum Gasteiger partial charge on any atom is -0.467 e. The van der Waals surface area contributed by atoms with Crippen molar-refractivity contribution in [2.45, 2.75) is 31.7 Å². The first-order valence-electron chi connectivity index (χ1n) is 9.72. The van der Waals surface area contributed by atoms with Crippen LogP contribution in [0.5, 0.6) is 0 Å². The predicted octanol–water partition coefficient (Wildman–Crippen LogP) is 5.19. The summed E-state index contributed by atoms with van der Waals surface area (Å²) < 4.78 is 5.70. The molecule has 3 aromatic carbocycles. The Balaban J connectivity index is 1.50. The van der Waals surface area contributed by atoms with Gasteiger partial charge in [0.25, 0.3) is 0 Å². The molecule has 4 heteroatoms. The number of hydrogen-bond donors (Lipinski definition) is 2. The maximum atomic E-state index is 5.70. The van der Waals surface area contributed by atoms with Gasteiger partial charge in [0, 0.05) is 0 Å². The number of benzene rings is 3. The minimum absolute atomic E-state index is 0.301. The van der Waals surface area contributed by atoms with Gasteiger partial charge in [-0.2, -0.15) is 0 Å². The van der Waals surface area contributed by atoms with Crippen molar-refractivity contribution < 1.29 is 4.42 Å². The third-order valence-corrected chi connectivity index (χ3v) is 6.13. The summed E-state index contributed by atoms with van der Waals surface area (Å²) >= 11 is 4.92. The molecule has 0 radical (unpaired) electrons. The normalized spacial score (nSPS) is 16.2. The summed E-state index contributed by atoms with van der Waals surface area (Å²) in [5, 5.41) is 8.71. The summed E-state index contributed by atoms with van der Waals surface area (Å²) in [4.78, 5) is 0. The summed E-state index contributed by atoms with van der Waals surface area (Å²) in [5.74, 6) is 1.40. The highest BCUT2D eigenvalue weighted by Gasteiger charge is 2.25. The van der Waals surface area contributed by atoms with Crippen molar-refractivity contribution in [3.8, 4) is 0 Å². The van der Waals surface area contributed by atoms with Crippen LogP contribution < -0.4 is 11.1 Å². The van der Waals surface area contributed by atoms with E-state index in [4.69, 9.17) is 22.4 Å². The standard InChI is InChI=1S/C24H22N2OS/c25-24(28)26-14-23-20(11-12-27-23)17-6-8-19-16(13-17)7-10-21-18-4-2-1-3-15(18)5-9-22(19)21/h1-5,7,9-12,17H,6,8,13-14H2,(H3,25,26,28). The fraction of sp³-hybridized carbons (Fsp3) is 0.208. The molecule has 1 unspecified atom stereocenters. The van der Waals surface area contributed by atoms with E-state index in [0.717, 1.165) is 25.0 Å². The summed E-state index contributed by atoms with van der Waals surface area (Å²) in [6.07, 6.45) is 5.02. The lowest BCUT2D eigenvalue weighted by atomic mass is 9.78. The molecule has 0 spiro atoms. The molecular formula is C24H22N2OS. The third kappa shape index (κ3) is 2.94. The van der Waals surface area contributed by atoms with Crippen LogP contribution in [0.1, 0.15) is 34.8 Å². The molecule has 0 aliphatic heterocycles. The molecule has 28 heavy (non-hydrogen) atoms. The summed E-state index contributed by atoms with van der Waals surface area (Å²) in [5.41, 5.74) is 9.80. The first-order chi connectivity index (χ1) is 13.7. The molecule has 5 rings (SSSR count). The van der Waals surface area contributed by atoms with Crippen molar-refractivity contribution in [1.82, 2.24) is 5.32 Å². The quantitative estimate of drug-likeness (QED) is 0.376. The zero-order valence-corrected chi connectivity index (χ0v) is 16.4. The largest absolute Gasteiger partial charge is 0.467 e. The van der Waals surface area contributed by atoms with E-state index in [0.29, 0.717) is 17.6 Å². The Kier molecular flexibility index (Phi) is 4.29. The second-order valence-corrected chi connectivity index (χ2v) is 7.98. The van der Waals surface area contributed by atoms with Crippen molar-refractivity contribution in [2.24, 2.45) is 5.73 Å². The molecule has 0 fully saturated rings. The average Bonchev–Trinajstić information content (AvgIpc) is 3.20. The van der Waals surface area contributed by atoms with Gasteiger partial charge in [-0.3, -0.25) is 0 Å². The number of thiocarbonyl (C=S) groups is 1. The zero-order valence-electron chi connectivity index (χ0n) is 15.6. The van der Waals surface area contributed by atoms with E-state index in [-0.39, 0.29) is 0 Å². The van der Waals surface area contributed by atoms with E-state index in [1.807, 2.05) is 0 Å². The molecule has 1 aliphatic rings. The van der Waals surface area contributed by atoms with Crippen LogP contribution in [0.2, 0.25) is 0 Å². The Morgan fingerprint density at radius 1 is 1.04 bits per heavy atom. The zero-order chi connectivity index (χ0) is 19.1. The molecule has 1 aliphatic carbocycles. The van der Waals surface area contributed by atoms with E-state index < -0.39 is 0 Å². The molecule has 140 valence electrons. The van der Waals surface area contributed by atoms with Gasteiger partial charge >= 0.3 is 0 Å². The molecule has 0 bridgehead atoms. The van der Waals surface area contributed by atoms with Gasteiger partial charge in [0.1, 0.15) is 5.76 Å². The van der Waals surface area contributed by atoms with Crippen LogP contribution in [0.25, 0.3) is 21.5 Å². The van der Waals surface area contributed by atoms with Crippen molar-refractivity contribution in [2.75, 3.05) is 0 Å². The number of hydrogen-bond acceptors (Lipinski definition) is 2. The van der Waals surface area contributed by atoms with Gasteiger partial charge in [-0.1, -0.05) is 48.5 Å². The van der Waals surface area contributed by atoms with Crippen molar-refractivity contribution >= 4 is 38.9 Å². The van der Waals surface area contributed by atoms with Crippen LogP contribution in [0.3, 0.4) is 0 Å². The smallest absolute Gasteiger partial charge is 0.164 e. The Bertz CT molecular complexity index is 1190. The van der Waals surface area contributed by atoms with Crippen LogP contribution in [-0.4, -0.2) is 5.11 Å². The second kappa shape index (κ2) is 6.95. The lowest BCUT2D eigenvalue weighted by Gasteiger charge is -2.26. The number of nitrogens with one attached hydrogen (secondary N) is 1. The van der Waals surface area contributed by atoms with Crippen LogP contribution in [0.4, 0.5) is 0 Å². The SMILES string of the molecule is NC(=S)NCc1occc1C1CCc2c(ccc3c2ccc2ccccc23)C1. The third-order valence-electron chi connectivity index (χ3n) is 5.99. The fourth-order valence-corrected chi connectivity index (χ4v) is 4.73. The predicted molar refractivity (Wildman–Crippen MR) is 119 cm³/mol. The molecule has 1 atom stereocenters. The van der Waals surface area contributed by atoms with Gasteiger partial charge in [0.15, 0.2) is 5.11 Å². The molecule has 0 amide bonds. The van der Waals surface area contributed by atoms with Crippen molar-refractivity contribution in [1.29, 1.82) is 0 Å². The van der Waals surface area contributed by atoms with Gasteiger partial charge in [-0.25, -0.2) is 0 Å². The van der Waals surface area contributed by atoms with Gasteiger partial charge in [0.2, 0.25) is 0 Å². The summed E-state index contributed by atoms with van der Waals surface area (Å²) in [6, 6.07) is 19.9. The van der Waals surface area contributed by atoms with Crippen LogP contribution in [-0.2, 0) is 19.4 Å². The average molecular weight is 387 g/mol. The maximum absolute atomic E-state index is 5.70. The Hall–Kier alpha value is -2.85. The van der Waals surface area contributed by atoms with Gasteiger partial charge < -0.3 is 15.5 Å². The summed E-state index contributed by atoms with van der Waals surface area (Å²) in [6.45, 7) is 0.546. The van der Waals surface area contributed by atoms with E-state index in [1.165, 1.54) is 38.2 Å². The lowest BCUT2D eigenvalue weighted by Crippen LogP contribution is -2.28. The number of rotatable bonds is 3. The molecule has 3 nitrogen and oxygen atoms in total. The monoisotopic (exact) mass is 386 g/mol. The van der Waals surface area contributed by atoms with Gasteiger partial charge in [0.05, 0.1) is 12.8 Å². The molecule has 3 N–H and O–H groups in total. The maximum Gasteiger partial charge on any atom is 0.164 e. The highest BCUT2D eigenvalue weighted by atomic mass is 32.1. The first kappa shape index (κ1) is 17.3. The number of fused-ring (bicyclic) bond motifs is 5. The fourth-order valence-electron chi connectivity index (χ4n) is 4.66. The number of aryl methyl sites for hydroxylation is 1. The Morgan fingerprint density at radius 3 is 2.79 bits per heavy atom. The topological polar surface area (TPSA) is 51.2 Å². The molecule has 1 aromatic heterocycles. The van der Waals surface area contributed by atoms with Gasteiger partial charge in [-0.05, 0) is 81.7 Å². The molecular weight excluding hydrogens is 364 g/mol. The van der Waals surface area contributed by atoms with Crippen LogP contribution >= 0.6 is 12.2 Å². The minimum atomic E-state index is 0.301. The summed E-state index contributed by atoms with van der Waals surface area (Å²) in [7, 11) is 0.